The molecule has 162 valence electrons. The molecule has 2 aromatic rings. The molecule has 9 heteroatoms. The Morgan fingerprint density at radius 2 is 1.87 bits per heavy atom. The van der Waals surface area contributed by atoms with Gasteiger partial charge in [0.25, 0.3) is 0 Å². The van der Waals surface area contributed by atoms with E-state index >= 15 is 0 Å². The molecular formula is C21H25FN2O5S. The summed E-state index contributed by atoms with van der Waals surface area (Å²) < 4.78 is 50.2. The number of benzene rings is 2. The quantitative estimate of drug-likeness (QED) is 0.688. The van der Waals surface area contributed by atoms with Crippen LogP contribution < -0.4 is 19.1 Å². The Kier molecular flexibility index (Phi) is 6.81. The van der Waals surface area contributed by atoms with Crippen LogP contribution in [0.15, 0.2) is 42.5 Å². The van der Waals surface area contributed by atoms with Crippen LogP contribution in [0.4, 0.5) is 10.1 Å². The first-order valence-corrected chi connectivity index (χ1v) is 11.5. The van der Waals surface area contributed by atoms with Crippen molar-refractivity contribution in [2.24, 2.45) is 0 Å². The van der Waals surface area contributed by atoms with E-state index < -0.39 is 15.8 Å². The summed E-state index contributed by atoms with van der Waals surface area (Å²) in [6, 6.07) is 10.9. The van der Waals surface area contributed by atoms with Gasteiger partial charge in [-0.05, 0) is 43.2 Å². The summed E-state index contributed by atoms with van der Waals surface area (Å²) in [4.78, 5) is 12.3. The van der Waals surface area contributed by atoms with Gasteiger partial charge >= 0.3 is 0 Å². The molecule has 7 nitrogen and oxygen atoms in total. The van der Waals surface area contributed by atoms with Gasteiger partial charge in [0.15, 0.2) is 11.5 Å². The van der Waals surface area contributed by atoms with E-state index in [2.05, 4.69) is 5.32 Å². The van der Waals surface area contributed by atoms with Crippen LogP contribution in [0.1, 0.15) is 31.4 Å². The van der Waals surface area contributed by atoms with Crippen LogP contribution in [0.25, 0.3) is 0 Å². The molecule has 0 saturated carbocycles. The number of rotatable bonds is 8. The number of carbonyl (C=O) groups excluding carboxylic acids is 1. The van der Waals surface area contributed by atoms with E-state index in [0.717, 1.165) is 16.1 Å². The molecule has 0 radical (unpaired) electrons. The molecule has 0 bridgehead atoms. The van der Waals surface area contributed by atoms with E-state index in [0.29, 0.717) is 24.7 Å². The molecule has 1 heterocycles. The Hall–Kier alpha value is -2.81. The van der Waals surface area contributed by atoms with Crippen LogP contribution in [-0.2, 0) is 14.8 Å². The summed E-state index contributed by atoms with van der Waals surface area (Å²) in [7, 11) is -3.68. The second-order valence-electron chi connectivity index (χ2n) is 7.08. The van der Waals surface area contributed by atoms with Gasteiger partial charge in [-0.25, -0.2) is 12.8 Å². The van der Waals surface area contributed by atoms with Crippen LogP contribution >= 0.6 is 0 Å². The minimum Gasteiger partial charge on any atom is -0.486 e. The van der Waals surface area contributed by atoms with Crippen molar-refractivity contribution in [1.82, 2.24) is 5.32 Å². The monoisotopic (exact) mass is 436 g/mol. The first kappa shape index (κ1) is 21.9. The van der Waals surface area contributed by atoms with E-state index in [9.17, 15) is 17.6 Å². The van der Waals surface area contributed by atoms with Crippen LogP contribution in [0, 0.1) is 5.82 Å². The molecule has 0 fully saturated rings. The third-order valence-electron chi connectivity index (χ3n) is 4.73. The highest BCUT2D eigenvalue weighted by Crippen LogP contribution is 2.32. The van der Waals surface area contributed by atoms with Crippen molar-refractivity contribution in [1.29, 1.82) is 0 Å². The lowest BCUT2D eigenvalue weighted by molar-refractivity contribution is -0.121. The first-order chi connectivity index (χ1) is 14.3. The lowest BCUT2D eigenvalue weighted by Gasteiger charge is -2.23. The van der Waals surface area contributed by atoms with Gasteiger partial charge in [0.1, 0.15) is 19.0 Å². The molecule has 0 aromatic heterocycles. The van der Waals surface area contributed by atoms with Crippen molar-refractivity contribution < 1.29 is 27.1 Å². The molecule has 0 spiro atoms. The average molecular weight is 437 g/mol. The summed E-state index contributed by atoms with van der Waals surface area (Å²) >= 11 is 0. The van der Waals surface area contributed by atoms with Gasteiger partial charge in [-0.15, -0.1) is 0 Å². The lowest BCUT2D eigenvalue weighted by Crippen LogP contribution is -2.33. The molecular weight excluding hydrogens is 411 g/mol. The molecule has 1 aliphatic heterocycles. The maximum atomic E-state index is 14.0. The number of hydrogen-bond donors (Lipinski definition) is 1. The van der Waals surface area contributed by atoms with E-state index in [1.165, 1.54) is 18.2 Å². The number of sulfonamides is 1. The van der Waals surface area contributed by atoms with Gasteiger partial charge in [-0.1, -0.05) is 18.2 Å². The first-order valence-electron chi connectivity index (χ1n) is 9.67. The van der Waals surface area contributed by atoms with Crippen molar-refractivity contribution >= 4 is 21.6 Å². The smallest absolute Gasteiger partial charge is 0.232 e. The van der Waals surface area contributed by atoms with Crippen molar-refractivity contribution in [3.63, 3.8) is 0 Å². The lowest BCUT2D eigenvalue weighted by atomic mass is 10.1. The van der Waals surface area contributed by atoms with Crippen molar-refractivity contribution in [3.8, 4) is 11.5 Å². The fourth-order valence-electron chi connectivity index (χ4n) is 3.23. The van der Waals surface area contributed by atoms with Crippen LogP contribution in [0.2, 0.25) is 0 Å². The highest BCUT2D eigenvalue weighted by Gasteiger charge is 2.21. The number of halogens is 1. The zero-order chi connectivity index (χ0) is 21.7. The molecule has 0 saturated heterocycles. The van der Waals surface area contributed by atoms with Gasteiger partial charge < -0.3 is 14.8 Å². The Morgan fingerprint density at radius 3 is 2.57 bits per heavy atom. The second-order valence-corrected chi connectivity index (χ2v) is 8.99. The number of nitrogens with zero attached hydrogens (tertiary/aromatic N) is 1. The summed E-state index contributed by atoms with van der Waals surface area (Å²) in [5.74, 6) is 0.477. The summed E-state index contributed by atoms with van der Waals surface area (Å²) in [5, 5.41) is 2.89. The van der Waals surface area contributed by atoms with Crippen LogP contribution in [0.3, 0.4) is 0 Å². The summed E-state index contributed by atoms with van der Waals surface area (Å²) in [6.07, 6.45) is 1.37. The molecule has 2 aromatic carbocycles. The van der Waals surface area contributed by atoms with Crippen molar-refractivity contribution in [2.45, 2.75) is 25.8 Å². The maximum absolute atomic E-state index is 14.0. The third kappa shape index (κ3) is 5.41. The van der Waals surface area contributed by atoms with Gasteiger partial charge in [0.2, 0.25) is 15.9 Å². The zero-order valence-electron chi connectivity index (χ0n) is 16.9. The van der Waals surface area contributed by atoms with Crippen molar-refractivity contribution in [2.75, 3.05) is 30.3 Å². The number of carbonyl (C=O) groups is 1. The molecule has 1 atom stereocenters. The predicted octanol–water partition coefficient (Wildman–Crippen LogP) is 3.02. The normalized spacial score (nSPS) is 14.1. The van der Waals surface area contributed by atoms with Crippen molar-refractivity contribution in [3.05, 3.63) is 53.8 Å². The molecule has 1 aliphatic rings. The number of hydrogen-bond acceptors (Lipinski definition) is 5. The Labute approximate surface area is 175 Å². The topological polar surface area (TPSA) is 84.9 Å². The standard InChI is InChI=1S/C21H25FN2O5S/c1-15(16-9-10-19-20(14-16)29-13-12-28-19)23-21(25)8-5-11-24(30(2,26)27)18-7-4-3-6-17(18)22/h3-4,6-7,9-10,14-15H,5,8,11-13H2,1-2H3,(H,23,25). The molecule has 0 aliphatic carbocycles. The van der Waals surface area contributed by atoms with Crippen LogP contribution in [-0.4, -0.2) is 40.3 Å². The minimum absolute atomic E-state index is 0.00555. The van der Waals surface area contributed by atoms with Gasteiger partial charge in [0, 0.05) is 13.0 Å². The number of nitrogens with one attached hydrogen (secondary N) is 1. The summed E-state index contributed by atoms with van der Waals surface area (Å²) in [6.45, 7) is 2.85. The van der Waals surface area contributed by atoms with Gasteiger partial charge in [-0.3, -0.25) is 9.10 Å². The molecule has 1 unspecified atom stereocenters. The Balaban J connectivity index is 1.56. The van der Waals surface area contributed by atoms with Gasteiger partial charge in [-0.2, -0.15) is 0 Å². The predicted molar refractivity (Wildman–Crippen MR) is 112 cm³/mol. The number of fused-ring (bicyclic) bond motifs is 1. The molecule has 3 rings (SSSR count). The largest absolute Gasteiger partial charge is 0.486 e. The fraction of sp³-hybridized carbons (Fsp3) is 0.381. The van der Waals surface area contributed by atoms with Crippen LogP contribution in [0.5, 0.6) is 11.5 Å². The number of ether oxygens (including phenoxy) is 2. The highest BCUT2D eigenvalue weighted by atomic mass is 32.2. The minimum atomic E-state index is -3.68. The average Bonchev–Trinajstić information content (AvgIpc) is 2.70. The Bertz CT molecular complexity index is 1010. The third-order valence-corrected chi connectivity index (χ3v) is 5.91. The molecule has 30 heavy (non-hydrogen) atoms. The Morgan fingerprint density at radius 1 is 1.17 bits per heavy atom. The molecule has 1 N–H and O–H groups in total. The zero-order valence-corrected chi connectivity index (χ0v) is 17.7. The van der Waals surface area contributed by atoms with E-state index in [4.69, 9.17) is 9.47 Å². The second kappa shape index (κ2) is 9.34. The summed E-state index contributed by atoms with van der Waals surface area (Å²) in [5.41, 5.74) is 0.849. The fourth-order valence-corrected chi connectivity index (χ4v) is 4.19. The van der Waals surface area contributed by atoms with E-state index in [-0.39, 0.29) is 37.0 Å². The maximum Gasteiger partial charge on any atom is 0.232 e. The highest BCUT2D eigenvalue weighted by molar-refractivity contribution is 7.92. The number of anilines is 1. The van der Waals surface area contributed by atoms with E-state index in [1.807, 2.05) is 25.1 Å². The van der Waals surface area contributed by atoms with E-state index in [1.54, 1.807) is 6.07 Å². The number of amides is 1. The SMILES string of the molecule is CC(NC(=O)CCCN(c1ccccc1F)S(C)(=O)=O)c1ccc2c(c1)OCCO2. The number of para-hydroxylation sites is 1. The van der Waals surface area contributed by atoms with Gasteiger partial charge in [0.05, 0.1) is 18.0 Å². The molecule has 1 amide bonds.